The smallest absolute Gasteiger partial charge is 0.166 e. The van der Waals surface area contributed by atoms with Crippen molar-refractivity contribution in [1.29, 1.82) is 0 Å². The maximum Gasteiger partial charge on any atom is 0.166 e. The number of anilines is 1. The number of nitrogens with two attached hydrogens (primary N) is 1. The highest BCUT2D eigenvalue weighted by Gasteiger charge is 2.20. The summed E-state index contributed by atoms with van der Waals surface area (Å²) in [5.74, 6) is 1.22. The first-order chi connectivity index (χ1) is 10.0. The maximum atomic E-state index is 12.4. The average Bonchev–Trinajstić information content (AvgIpc) is 2.48. The van der Waals surface area contributed by atoms with Crippen molar-refractivity contribution in [2.24, 2.45) is 5.92 Å². The molecule has 22 heavy (non-hydrogen) atoms. The van der Waals surface area contributed by atoms with Gasteiger partial charge in [0.25, 0.3) is 0 Å². The second-order valence-corrected chi connectivity index (χ2v) is 6.19. The minimum atomic E-state index is 0. The molecule has 0 saturated carbocycles. The number of rotatable bonds is 5. The van der Waals surface area contributed by atoms with Gasteiger partial charge in [0.05, 0.1) is 23.4 Å². The van der Waals surface area contributed by atoms with Crippen molar-refractivity contribution in [1.82, 2.24) is 4.90 Å². The van der Waals surface area contributed by atoms with E-state index in [9.17, 15) is 4.79 Å². The summed E-state index contributed by atoms with van der Waals surface area (Å²) in [4.78, 5) is 14.7. The minimum Gasteiger partial charge on any atom is -0.496 e. The molecule has 0 amide bonds. The number of Topliss-reactive ketones (excluding diaryl/α,β-unsaturated/α-hetero) is 1. The third-order valence-corrected chi connectivity index (χ3v) is 4.56. The van der Waals surface area contributed by atoms with E-state index in [-0.39, 0.29) is 18.2 Å². The zero-order valence-corrected chi connectivity index (χ0v) is 14.7. The minimum absolute atomic E-state index is 0. The largest absolute Gasteiger partial charge is 0.496 e. The summed E-state index contributed by atoms with van der Waals surface area (Å²) in [7, 11) is 3.68. The average molecular weight is 347 g/mol. The van der Waals surface area contributed by atoms with Gasteiger partial charge in [-0.1, -0.05) is 11.6 Å². The van der Waals surface area contributed by atoms with Crippen LogP contribution in [0.1, 0.15) is 36.0 Å². The standard InChI is InChI=1S/C16H23ClN2O2.ClH/c1-19-7-5-11(6-8-19)3-4-15(20)12-9-13(17)14(18)10-16(12)21-2;/h9-11H,3-8,18H2,1-2H3;1H. The Morgan fingerprint density at radius 2 is 2.05 bits per heavy atom. The molecule has 0 aromatic heterocycles. The van der Waals surface area contributed by atoms with Crippen LogP contribution in [-0.2, 0) is 0 Å². The maximum absolute atomic E-state index is 12.4. The van der Waals surface area contributed by atoms with Gasteiger partial charge >= 0.3 is 0 Å². The molecule has 4 nitrogen and oxygen atoms in total. The molecule has 2 N–H and O–H groups in total. The van der Waals surface area contributed by atoms with E-state index in [4.69, 9.17) is 22.1 Å². The third kappa shape index (κ3) is 4.77. The van der Waals surface area contributed by atoms with Crippen molar-refractivity contribution < 1.29 is 9.53 Å². The summed E-state index contributed by atoms with van der Waals surface area (Å²) in [5.41, 5.74) is 6.70. The van der Waals surface area contributed by atoms with E-state index in [1.54, 1.807) is 12.1 Å². The molecule has 1 fully saturated rings. The van der Waals surface area contributed by atoms with Crippen LogP contribution in [0.15, 0.2) is 12.1 Å². The van der Waals surface area contributed by atoms with E-state index in [1.165, 1.54) is 20.0 Å². The highest BCUT2D eigenvalue weighted by Crippen LogP contribution is 2.31. The number of hydrogen-bond donors (Lipinski definition) is 1. The molecule has 1 saturated heterocycles. The van der Waals surface area contributed by atoms with Gasteiger partial charge in [0.15, 0.2) is 5.78 Å². The number of ketones is 1. The first kappa shape index (κ1) is 19.1. The fraction of sp³-hybridized carbons (Fsp3) is 0.562. The number of methoxy groups -OCH3 is 1. The van der Waals surface area contributed by atoms with Crippen LogP contribution in [0, 0.1) is 5.92 Å². The Balaban J connectivity index is 0.00000242. The summed E-state index contributed by atoms with van der Waals surface area (Å²) < 4.78 is 5.24. The lowest BCUT2D eigenvalue weighted by molar-refractivity contribution is 0.0962. The summed E-state index contributed by atoms with van der Waals surface area (Å²) in [6.07, 6.45) is 3.80. The molecule has 0 bridgehead atoms. The summed E-state index contributed by atoms with van der Waals surface area (Å²) >= 11 is 6.01. The SMILES string of the molecule is COc1cc(N)c(Cl)cc1C(=O)CCC1CCN(C)CC1.Cl. The Morgan fingerprint density at radius 1 is 1.41 bits per heavy atom. The summed E-state index contributed by atoms with van der Waals surface area (Å²) in [6.45, 7) is 2.24. The molecule has 1 aliphatic rings. The van der Waals surface area contributed by atoms with Crippen LogP contribution < -0.4 is 10.5 Å². The number of carbonyl (C=O) groups is 1. The van der Waals surface area contributed by atoms with Crippen LogP contribution in [0.25, 0.3) is 0 Å². The number of halogens is 2. The van der Waals surface area contributed by atoms with Crippen LogP contribution in [-0.4, -0.2) is 37.9 Å². The monoisotopic (exact) mass is 346 g/mol. The number of hydrogen-bond acceptors (Lipinski definition) is 4. The number of nitrogen functional groups attached to an aromatic ring is 1. The van der Waals surface area contributed by atoms with Crippen molar-refractivity contribution in [2.45, 2.75) is 25.7 Å². The van der Waals surface area contributed by atoms with Gasteiger partial charge in [-0.25, -0.2) is 0 Å². The van der Waals surface area contributed by atoms with Gasteiger partial charge in [-0.3, -0.25) is 4.79 Å². The van der Waals surface area contributed by atoms with Gasteiger partial charge in [-0.05, 0) is 51.4 Å². The fourth-order valence-corrected chi connectivity index (χ4v) is 2.94. The van der Waals surface area contributed by atoms with Gasteiger partial charge in [0.2, 0.25) is 0 Å². The first-order valence-corrected chi connectivity index (χ1v) is 7.73. The lowest BCUT2D eigenvalue weighted by atomic mass is 9.90. The molecule has 1 heterocycles. The molecule has 1 aromatic carbocycles. The van der Waals surface area contributed by atoms with E-state index in [2.05, 4.69) is 11.9 Å². The van der Waals surface area contributed by atoms with Crippen molar-refractivity contribution in [3.63, 3.8) is 0 Å². The van der Waals surface area contributed by atoms with Gasteiger partial charge in [-0.2, -0.15) is 0 Å². The van der Waals surface area contributed by atoms with E-state index in [0.717, 1.165) is 19.5 Å². The number of piperidine rings is 1. The van der Waals surface area contributed by atoms with Crippen LogP contribution in [0.3, 0.4) is 0 Å². The number of benzene rings is 1. The Hall–Kier alpha value is -0.970. The number of likely N-dealkylation sites (tertiary alicyclic amines) is 1. The molecule has 2 rings (SSSR count). The lowest BCUT2D eigenvalue weighted by Crippen LogP contribution is -2.30. The molecule has 0 atom stereocenters. The number of nitrogens with zero attached hydrogens (tertiary/aromatic N) is 1. The molecule has 124 valence electrons. The normalized spacial score (nSPS) is 16.1. The predicted octanol–water partition coefficient (Wildman–Crippen LogP) is 3.66. The van der Waals surface area contributed by atoms with Gasteiger partial charge in [-0.15, -0.1) is 12.4 Å². The number of ether oxygens (including phenoxy) is 1. The van der Waals surface area contributed by atoms with Crippen molar-refractivity contribution in [3.05, 3.63) is 22.7 Å². The molecule has 0 aliphatic carbocycles. The van der Waals surface area contributed by atoms with E-state index in [1.807, 2.05) is 0 Å². The summed E-state index contributed by atoms with van der Waals surface area (Å²) in [6, 6.07) is 3.23. The molecule has 1 aliphatic heterocycles. The number of carbonyl (C=O) groups excluding carboxylic acids is 1. The molecule has 1 aromatic rings. The highest BCUT2D eigenvalue weighted by atomic mass is 35.5. The second-order valence-electron chi connectivity index (χ2n) is 5.78. The zero-order chi connectivity index (χ0) is 15.4. The molecule has 0 radical (unpaired) electrons. The van der Waals surface area contributed by atoms with Crippen molar-refractivity contribution >= 4 is 35.5 Å². The quantitative estimate of drug-likeness (QED) is 0.652. The van der Waals surface area contributed by atoms with E-state index in [0.29, 0.717) is 34.4 Å². The zero-order valence-electron chi connectivity index (χ0n) is 13.1. The van der Waals surface area contributed by atoms with Crippen molar-refractivity contribution in [3.8, 4) is 5.75 Å². The Labute approximate surface area is 143 Å². The van der Waals surface area contributed by atoms with Crippen LogP contribution in [0.2, 0.25) is 5.02 Å². The van der Waals surface area contributed by atoms with E-state index < -0.39 is 0 Å². The van der Waals surface area contributed by atoms with Gasteiger partial charge < -0.3 is 15.4 Å². The lowest BCUT2D eigenvalue weighted by Gasteiger charge is -2.28. The van der Waals surface area contributed by atoms with Crippen LogP contribution in [0.4, 0.5) is 5.69 Å². The first-order valence-electron chi connectivity index (χ1n) is 7.36. The Kier molecular flexibility index (Phi) is 7.46. The topological polar surface area (TPSA) is 55.6 Å². The van der Waals surface area contributed by atoms with E-state index >= 15 is 0 Å². The van der Waals surface area contributed by atoms with Crippen LogP contribution >= 0.6 is 24.0 Å². The van der Waals surface area contributed by atoms with Crippen molar-refractivity contribution in [2.75, 3.05) is 33.0 Å². The predicted molar refractivity (Wildman–Crippen MR) is 93.4 cm³/mol. The van der Waals surface area contributed by atoms with Crippen LogP contribution in [0.5, 0.6) is 5.75 Å². The second kappa shape index (κ2) is 8.61. The molecule has 0 unspecified atom stereocenters. The summed E-state index contributed by atoms with van der Waals surface area (Å²) in [5, 5.41) is 0.401. The van der Waals surface area contributed by atoms with Gasteiger partial charge in [0.1, 0.15) is 5.75 Å². The molecule has 6 heteroatoms. The molecular weight excluding hydrogens is 323 g/mol. The molecule has 0 spiro atoms. The molecular formula is C16H24Cl2N2O2. The highest BCUT2D eigenvalue weighted by molar-refractivity contribution is 6.33. The third-order valence-electron chi connectivity index (χ3n) is 4.24. The Morgan fingerprint density at radius 3 is 2.64 bits per heavy atom. The fourth-order valence-electron chi connectivity index (χ4n) is 2.78. The Bertz CT molecular complexity index is 515. The van der Waals surface area contributed by atoms with Gasteiger partial charge in [0, 0.05) is 12.5 Å².